The monoisotopic (exact) mass is 380 g/mol. The number of alkyl halides is 3. The summed E-state index contributed by atoms with van der Waals surface area (Å²) < 4.78 is 46.4. The molecule has 0 fully saturated rings. The van der Waals surface area contributed by atoms with Crippen molar-refractivity contribution in [3.8, 4) is 11.4 Å². The number of hydrogen-bond donors (Lipinski definition) is 2. The third kappa shape index (κ3) is 5.69. The molecular weight excluding hydrogens is 365 g/mol. The van der Waals surface area contributed by atoms with Crippen LogP contribution in [0.1, 0.15) is 12.3 Å². The zero-order chi connectivity index (χ0) is 17.7. The van der Waals surface area contributed by atoms with Crippen molar-refractivity contribution in [3.63, 3.8) is 0 Å². The van der Waals surface area contributed by atoms with Crippen LogP contribution in [-0.2, 0) is 15.7 Å². The first-order valence-electron chi connectivity index (χ1n) is 6.87. The lowest BCUT2D eigenvalue weighted by molar-refractivity contribution is -0.159. The number of nitrogens with zero attached hydrogens (tertiary/aromatic N) is 2. The highest BCUT2D eigenvalue weighted by atomic mass is 35.5. The van der Waals surface area contributed by atoms with Crippen molar-refractivity contribution in [2.45, 2.75) is 18.7 Å². The van der Waals surface area contributed by atoms with E-state index in [1.54, 1.807) is 0 Å². The summed E-state index contributed by atoms with van der Waals surface area (Å²) in [6, 6.07) is 5.97. The Kier molecular flexibility index (Phi) is 7.34. The molecule has 1 heterocycles. The maximum atomic E-state index is 12.4. The Morgan fingerprint density at radius 3 is 2.48 bits per heavy atom. The number of amides is 1. The highest BCUT2D eigenvalue weighted by molar-refractivity contribution is 5.91. The molecule has 2 rings (SSSR count). The van der Waals surface area contributed by atoms with E-state index in [1.165, 1.54) is 31.4 Å². The van der Waals surface area contributed by atoms with E-state index in [-0.39, 0.29) is 43.2 Å². The summed E-state index contributed by atoms with van der Waals surface area (Å²) in [7, 11) is 1.46. The summed E-state index contributed by atoms with van der Waals surface area (Å²) in [5.74, 6) is -1.90. The van der Waals surface area contributed by atoms with Gasteiger partial charge in [-0.05, 0) is 24.3 Å². The molecule has 0 aliphatic carbocycles. The van der Waals surface area contributed by atoms with Gasteiger partial charge in [-0.3, -0.25) is 4.79 Å². The Balaban J connectivity index is 0.00000312. The van der Waals surface area contributed by atoms with Crippen LogP contribution in [0.25, 0.3) is 11.4 Å². The maximum absolute atomic E-state index is 12.4. The number of nitrogens with one attached hydrogen (secondary N) is 1. The predicted octanol–water partition coefficient (Wildman–Crippen LogP) is 2.48. The Morgan fingerprint density at radius 2 is 2.00 bits per heavy atom. The third-order valence-corrected chi connectivity index (χ3v) is 3.10. The quantitative estimate of drug-likeness (QED) is 0.798. The van der Waals surface area contributed by atoms with Gasteiger partial charge in [0.15, 0.2) is 0 Å². The SMILES string of the molecule is COC(CN)CC(=O)Nc1ccc(-c2noc(C(F)(F)F)n2)cc1.Cl. The second-order valence-corrected chi connectivity index (χ2v) is 4.84. The number of aromatic nitrogens is 2. The number of hydrogen-bond acceptors (Lipinski definition) is 6. The fraction of sp³-hybridized carbons (Fsp3) is 0.357. The molecule has 0 bridgehead atoms. The molecule has 138 valence electrons. The van der Waals surface area contributed by atoms with Gasteiger partial charge in [-0.2, -0.15) is 18.2 Å². The number of rotatable bonds is 6. The van der Waals surface area contributed by atoms with Crippen molar-refractivity contribution in [2.24, 2.45) is 5.73 Å². The molecule has 1 aromatic carbocycles. The molecule has 1 aromatic heterocycles. The first kappa shape index (κ1) is 20.9. The first-order chi connectivity index (χ1) is 11.3. The lowest BCUT2D eigenvalue weighted by Gasteiger charge is -2.12. The number of nitrogens with two attached hydrogens (primary N) is 1. The van der Waals surface area contributed by atoms with Crippen molar-refractivity contribution in [2.75, 3.05) is 19.0 Å². The van der Waals surface area contributed by atoms with E-state index in [4.69, 9.17) is 10.5 Å². The first-order valence-corrected chi connectivity index (χ1v) is 6.87. The molecule has 0 saturated heterocycles. The third-order valence-electron chi connectivity index (χ3n) is 3.10. The number of anilines is 1. The van der Waals surface area contributed by atoms with Gasteiger partial charge in [0.1, 0.15) is 0 Å². The van der Waals surface area contributed by atoms with Gasteiger partial charge in [-0.15, -0.1) is 12.4 Å². The van der Waals surface area contributed by atoms with Gasteiger partial charge in [0.05, 0.1) is 12.5 Å². The van der Waals surface area contributed by atoms with E-state index in [0.717, 1.165) is 0 Å². The normalized spacial score (nSPS) is 12.4. The topological polar surface area (TPSA) is 103 Å². The molecule has 3 N–H and O–H groups in total. The van der Waals surface area contributed by atoms with Gasteiger partial charge >= 0.3 is 12.1 Å². The molecule has 0 aliphatic rings. The van der Waals surface area contributed by atoms with Gasteiger partial charge in [-0.1, -0.05) is 5.16 Å². The van der Waals surface area contributed by atoms with Crippen LogP contribution in [0.2, 0.25) is 0 Å². The predicted molar refractivity (Wildman–Crippen MR) is 85.1 cm³/mol. The molecule has 0 spiro atoms. The molecule has 0 radical (unpaired) electrons. The fourth-order valence-electron chi connectivity index (χ4n) is 1.84. The summed E-state index contributed by atoms with van der Waals surface area (Å²) in [5, 5.41) is 5.91. The van der Waals surface area contributed by atoms with Crippen LogP contribution in [0, 0.1) is 0 Å². The lowest BCUT2D eigenvalue weighted by atomic mass is 10.2. The minimum Gasteiger partial charge on any atom is -0.380 e. The zero-order valence-electron chi connectivity index (χ0n) is 13.0. The molecule has 1 atom stereocenters. The zero-order valence-corrected chi connectivity index (χ0v) is 13.9. The number of carbonyl (C=O) groups is 1. The van der Waals surface area contributed by atoms with Crippen molar-refractivity contribution in [1.82, 2.24) is 10.1 Å². The Hall–Kier alpha value is -2.17. The average molecular weight is 381 g/mol. The van der Waals surface area contributed by atoms with Gasteiger partial charge in [-0.25, -0.2) is 0 Å². The largest absolute Gasteiger partial charge is 0.471 e. The average Bonchev–Trinajstić information content (AvgIpc) is 3.03. The molecule has 2 aromatic rings. The molecule has 25 heavy (non-hydrogen) atoms. The van der Waals surface area contributed by atoms with Crippen LogP contribution in [0.5, 0.6) is 0 Å². The van der Waals surface area contributed by atoms with Crippen LogP contribution in [0.4, 0.5) is 18.9 Å². The van der Waals surface area contributed by atoms with Gasteiger partial charge < -0.3 is 20.3 Å². The summed E-state index contributed by atoms with van der Waals surface area (Å²) in [5.41, 5.74) is 6.22. The van der Waals surface area contributed by atoms with Crippen LogP contribution in [0.15, 0.2) is 28.8 Å². The number of methoxy groups -OCH3 is 1. The maximum Gasteiger partial charge on any atom is 0.471 e. The van der Waals surface area contributed by atoms with Crippen LogP contribution in [-0.4, -0.2) is 35.8 Å². The molecule has 1 unspecified atom stereocenters. The molecule has 0 saturated carbocycles. The van der Waals surface area contributed by atoms with E-state index in [9.17, 15) is 18.0 Å². The number of benzene rings is 1. The molecule has 7 nitrogen and oxygen atoms in total. The lowest BCUT2D eigenvalue weighted by Crippen LogP contribution is -2.28. The van der Waals surface area contributed by atoms with Crippen LogP contribution >= 0.6 is 12.4 Å². The Labute approximate surface area is 147 Å². The van der Waals surface area contributed by atoms with Gasteiger partial charge in [0.2, 0.25) is 11.7 Å². The number of carbonyl (C=O) groups excluding carboxylic acids is 1. The van der Waals surface area contributed by atoms with E-state index < -0.39 is 12.1 Å². The van der Waals surface area contributed by atoms with Crippen LogP contribution in [0.3, 0.4) is 0 Å². The second-order valence-electron chi connectivity index (χ2n) is 4.84. The number of ether oxygens (including phenoxy) is 1. The van der Waals surface area contributed by atoms with Crippen LogP contribution < -0.4 is 11.1 Å². The van der Waals surface area contributed by atoms with Crippen molar-refractivity contribution in [1.29, 1.82) is 0 Å². The van der Waals surface area contributed by atoms with E-state index in [1.807, 2.05) is 0 Å². The Morgan fingerprint density at radius 1 is 1.36 bits per heavy atom. The highest BCUT2D eigenvalue weighted by Gasteiger charge is 2.38. The van der Waals surface area contributed by atoms with Gasteiger partial charge in [0, 0.05) is 24.9 Å². The summed E-state index contributed by atoms with van der Waals surface area (Å²) >= 11 is 0. The number of halogens is 4. The minimum atomic E-state index is -4.69. The summed E-state index contributed by atoms with van der Waals surface area (Å²) in [6.45, 7) is 0.211. The molecule has 0 aliphatic heterocycles. The van der Waals surface area contributed by atoms with Gasteiger partial charge in [0.25, 0.3) is 0 Å². The van der Waals surface area contributed by atoms with E-state index in [2.05, 4.69) is 20.0 Å². The molecule has 1 amide bonds. The summed E-state index contributed by atoms with van der Waals surface area (Å²) in [4.78, 5) is 15.1. The molecule has 11 heteroatoms. The van der Waals surface area contributed by atoms with E-state index >= 15 is 0 Å². The highest BCUT2D eigenvalue weighted by Crippen LogP contribution is 2.29. The minimum absolute atomic E-state index is 0. The Bertz CT molecular complexity index is 687. The van der Waals surface area contributed by atoms with Crippen molar-refractivity contribution >= 4 is 24.0 Å². The fourth-order valence-corrected chi connectivity index (χ4v) is 1.84. The van der Waals surface area contributed by atoms with E-state index in [0.29, 0.717) is 11.3 Å². The molecular formula is C14H16ClF3N4O3. The second kappa shape index (κ2) is 8.79. The smallest absolute Gasteiger partial charge is 0.380 e. The summed E-state index contributed by atoms with van der Waals surface area (Å²) in [6.07, 6.45) is -4.99. The van der Waals surface area contributed by atoms with Crippen molar-refractivity contribution < 1.29 is 27.2 Å². The van der Waals surface area contributed by atoms with Crippen molar-refractivity contribution in [3.05, 3.63) is 30.2 Å². The standard InChI is InChI=1S/C14H15F3N4O3.ClH/c1-23-10(7-18)6-11(22)19-9-4-2-8(3-5-9)12-20-13(24-21-12)14(15,16)17;/h2-5,10H,6-7,18H2,1H3,(H,19,22);1H.